The van der Waals surface area contributed by atoms with Gasteiger partial charge in [-0.3, -0.25) is 0 Å². The lowest BCUT2D eigenvalue weighted by Crippen LogP contribution is -2.38. The highest BCUT2D eigenvalue weighted by atomic mass is 79.9. The van der Waals surface area contributed by atoms with Crippen LogP contribution in [0.4, 0.5) is 0 Å². The first kappa shape index (κ1) is 17.6. The Kier molecular flexibility index (Phi) is 10.9. The predicted octanol–water partition coefficient (Wildman–Crippen LogP) is 3.38. The third-order valence-corrected chi connectivity index (χ3v) is 4.37. The molecule has 2 unspecified atom stereocenters. The van der Waals surface area contributed by atoms with E-state index in [1.807, 2.05) is 0 Å². The van der Waals surface area contributed by atoms with E-state index in [1.54, 1.807) is 0 Å². The topological polar surface area (TPSA) is 27.7 Å². The second-order valence-electron chi connectivity index (χ2n) is 4.55. The van der Waals surface area contributed by atoms with Crippen LogP contribution in [0.2, 0.25) is 0 Å². The molecule has 0 N–H and O–H groups in total. The van der Waals surface area contributed by atoms with E-state index in [0.29, 0.717) is 10.7 Å². The Balaban J connectivity index is 4.25. The van der Waals surface area contributed by atoms with Gasteiger partial charge in [0.2, 0.25) is 0 Å². The highest BCUT2D eigenvalue weighted by Crippen LogP contribution is 2.18. The Morgan fingerprint density at radius 2 is 1.47 bits per heavy atom. The molecule has 0 radical (unpaired) electrons. The molecule has 0 saturated heterocycles. The number of rotatable bonds is 10. The van der Waals surface area contributed by atoms with Gasteiger partial charge in [-0.2, -0.15) is 0 Å². The summed E-state index contributed by atoms with van der Waals surface area (Å²) in [5, 5.41) is 0. The van der Waals surface area contributed by atoms with Gasteiger partial charge in [0.15, 0.2) is 0 Å². The van der Waals surface area contributed by atoms with E-state index in [0.717, 1.165) is 26.1 Å². The molecule has 0 bridgehead atoms. The first-order valence-corrected chi connectivity index (χ1v) is 8.88. The molecule has 2 atom stereocenters. The Bertz CT molecular complexity index is 163. The van der Waals surface area contributed by atoms with Crippen molar-refractivity contribution in [3.63, 3.8) is 0 Å². The van der Waals surface area contributed by atoms with E-state index in [4.69, 9.17) is 13.3 Å². The molecule has 0 aliphatic rings. The monoisotopic (exact) mass is 326 g/mol. The molecule has 0 aromatic carbocycles. The van der Waals surface area contributed by atoms with Gasteiger partial charge in [-0.25, -0.2) is 0 Å². The van der Waals surface area contributed by atoms with Gasteiger partial charge in [-0.1, -0.05) is 50.5 Å². The molecular formula is C12H27BrO3Si. The second-order valence-corrected chi connectivity index (χ2v) is 7.51. The zero-order chi connectivity index (χ0) is 13.3. The third kappa shape index (κ3) is 8.32. The van der Waals surface area contributed by atoms with Crippen molar-refractivity contribution in [2.75, 3.05) is 13.2 Å². The molecule has 0 spiro atoms. The summed E-state index contributed by atoms with van der Waals surface area (Å²) in [5.74, 6) is 0.454. The summed E-state index contributed by atoms with van der Waals surface area (Å²) in [4.78, 5) is 0.313. The van der Waals surface area contributed by atoms with Gasteiger partial charge < -0.3 is 13.3 Å². The van der Waals surface area contributed by atoms with Crippen LogP contribution < -0.4 is 0 Å². The molecule has 0 saturated carbocycles. The number of hydrogen-bond acceptors (Lipinski definition) is 3. The highest BCUT2D eigenvalue weighted by molar-refractivity contribution is 9.09. The van der Waals surface area contributed by atoms with Gasteiger partial charge >= 0.3 is 9.53 Å². The summed E-state index contributed by atoms with van der Waals surface area (Å²) in [6, 6.07) is 0. The van der Waals surface area contributed by atoms with Crippen molar-refractivity contribution in [3.8, 4) is 0 Å². The van der Waals surface area contributed by atoms with E-state index in [1.165, 1.54) is 0 Å². The second kappa shape index (κ2) is 10.5. The van der Waals surface area contributed by atoms with Crippen molar-refractivity contribution in [1.29, 1.82) is 0 Å². The Morgan fingerprint density at radius 1 is 1.00 bits per heavy atom. The van der Waals surface area contributed by atoms with E-state index in [2.05, 4.69) is 50.5 Å². The highest BCUT2D eigenvalue weighted by Gasteiger charge is 2.26. The first-order valence-electron chi connectivity index (χ1n) is 6.55. The zero-order valence-electron chi connectivity index (χ0n) is 11.7. The molecule has 0 aromatic rings. The summed E-state index contributed by atoms with van der Waals surface area (Å²) in [6.07, 6.45) is 2.15. The molecule has 0 amide bonds. The quantitative estimate of drug-likeness (QED) is 0.455. The summed E-state index contributed by atoms with van der Waals surface area (Å²) < 4.78 is 17.4. The summed E-state index contributed by atoms with van der Waals surface area (Å²) in [7, 11) is -1.97. The molecule has 0 aliphatic carbocycles. The van der Waals surface area contributed by atoms with Crippen LogP contribution in [0.1, 0.15) is 47.5 Å². The molecule has 17 heavy (non-hydrogen) atoms. The normalized spacial score (nSPS) is 15.5. The molecule has 0 heterocycles. The van der Waals surface area contributed by atoms with Crippen LogP contribution >= 0.6 is 15.9 Å². The maximum absolute atomic E-state index is 6.03. The van der Waals surface area contributed by atoms with E-state index in [9.17, 15) is 0 Å². The maximum Gasteiger partial charge on any atom is 0.484 e. The smallest absolute Gasteiger partial charge is 0.376 e. The van der Waals surface area contributed by atoms with Crippen molar-refractivity contribution in [1.82, 2.24) is 0 Å². The van der Waals surface area contributed by atoms with E-state index in [-0.39, 0.29) is 6.10 Å². The van der Waals surface area contributed by atoms with Crippen LogP contribution in [0, 0.1) is 5.92 Å². The Labute approximate surface area is 116 Å². The fraction of sp³-hybridized carbons (Fsp3) is 1.00. The van der Waals surface area contributed by atoms with Gasteiger partial charge in [0, 0.05) is 18.0 Å². The fourth-order valence-corrected chi connectivity index (χ4v) is 4.36. The minimum Gasteiger partial charge on any atom is -0.376 e. The lowest BCUT2D eigenvalue weighted by molar-refractivity contribution is 0.0397. The third-order valence-electron chi connectivity index (χ3n) is 2.29. The van der Waals surface area contributed by atoms with Crippen LogP contribution in [0.5, 0.6) is 0 Å². The van der Waals surface area contributed by atoms with Gasteiger partial charge in [0.05, 0.1) is 6.10 Å². The van der Waals surface area contributed by atoms with Gasteiger partial charge in [-0.05, 0) is 18.8 Å². The van der Waals surface area contributed by atoms with Crippen LogP contribution in [0.15, 0.2) is 0 Å². The van der Waals surface area contributed by atoms with E-state index >= 15 is 0 Å². The zero-order valence-corrected chi connectivity index (χ0v) is 14.5. The largest absolute Gasteiger partial charge is 0.484 e. The summed E-state index contributed by atoms with van der Waals surface area (Å²) >= 11 is 3.59. The van der Waals surface area contributed by atoms with Gasteiger partial charge in [-0.15, -0.1) is 0 Å². The van der Waals surface area contributed by atoms with Gasteiger partial charge in [0.25, 0.3) is 0 Å². The fourth-order valence-electron chi connectivity index (χ4n) is 1.48. The van der Waals surface area contributed by atoms with Crippen molar-refractivity contribution < 1.29 is 13.3 Å². The Morgan fingerprint density at radius 3 is 1.76 bits per heavy atom. The molecule has 0 rings (SSSR count). The average Bonchev–Trinajstić information content (AvgIpc) is 2.27. The SMILES string of the molecule is CCCO[SiH](OCCC)OC(C(C)C)C(C)Br. The molecule has 0 fully saturated rings. The maximum atomic E-state index is 6.03. The van der Waals surface area contributed by atoms with Crippen molar-refractivity contribution >= 4 is 25.5 Å². The van der Waals surface area contributed by atoms with Crippen molar-refractivity contribution in [2.24, 2.45) is 5.92 Å². The van der Waals surface area contributed by atoms with Crippen LogP contribution in [0.25, 0.3) is 0 Å². The van der Waals surface area contributed by atoms with Crippen LogP contribution in [-0.4, -0.2) is 33.7 Å². The minimum absolute atomic E-state index is 0.153. The molecule has 5 heteroatoms. The van der Waals surface area contributed by atoms with E-state index < -0.39 is 9.53 Å². The van der Waals surface area contributed by atoms with Crippen molar-refractivity contribution in [3.05, 3.63) is 0 Å². The van der Waals surface area contributed by atoms with Crippen LogP contribution in [0.3, 0.4) is 0 Å². The lowest BCUT2D eigenvalue weighted by atomic mass is 10.1. The molecule has 104 valence electrons. The minimum atomic E-state index is -1.97. The summed E-state index contributed by atoms with van der Waals surface area (Å²) in [5.41, 5.74) is 0. The number of halogens is 1. The van der Waals surface area contributed by atoms with Crippen LogP contribution in [-0.2, 0) is 13.3 Å². The van der Waals surface area contributed by atoms with Gasteiger partial charge in [0.1, 0.15) is 0 Å². The predicted molar refractivity (Wildman–Crippen MR) is 77.7 cm³/mol. The summed E-state index contributed by atoms with van der Waals surface area (Å²) in [6.45, 7) is 12.1. The Hall–Kier alpha value is 0.577. The number of hydrogen-bond donors (Lipinski definition) is 0. The molecule has 3 nitrogen and oxygen atoms in total. The first-order chi connectivity index (χ1) is 8.02. The van der Waals surface area contributed by atoms with Crippen molar-refractivity contribution in [2.45, 2.75) is 58.4 Å². The average molecular weight is 327 g/mol. The lowest BCUT2D eigenvalue weighted by Gasteiger charge is -2.28. The standard InChI is InChI=1S/C12H27BrO3Si/c1-6-8-14-17(15-9-7-2)16-12(10(3)4)11(5)13/h10-12,17H,6-9H2,1-5H3. The molecule has 0 aliphatic heterocycles. The molecule has 0 aromatic heterocycles. The number of alkyl halides is 1. The molecular weight excluding hydrogens is 300 g/mol.